The highest BCUT2D eigenvalue weighted by Crippen LogP contribution is 2.25. The lowest BCUT2D eigenvalue weighted by atomic mass is 10.1. The Morgan fingerprint density at radius 1 is 1.37 bits per heavy atom. The van der Waals surface area contributed by atoms with E-state index in [9.17, 15) is 13.6 Å². The topological polar surface area (TPSA) is 38.3 Å². The molecule has 0 bridgehead atoms. The van der Waals surface area contributed by atoms with Crippen molar-refractivity contribution in [2.75, 3.05) is 25.2 Å². The van der Waals surface area contributed by atoms with E-state index in [1.807, 2.05) is 20.1 Å². The van der Waals surface area contributed by atoms with Crippen LogP contribution in [0.25, 0.3) is 0 Å². The lowest BCUT2D eigenvalue weighted by Gasteiger charge is -2.23. The number of carbonyl (C=O) groups is 1. The lowest BCUT2D eigenvalue weighted by Crippen LogP contribution is -2.26. The van der Waals surface area contributed by atoms with Crippen molar-refractivity contribution in [2.24, 2.45) is 0 Å². The number of anilines is 1. The molecular formula is C13H17F2NO2S. The molecule has 0 amide bonds. The molecule has 19 heavy (non-hydrogen) atoms. The summed E-state index contributed by atoms with van der Waals surface area (Å²) >= 11 is 1.62. The first kappa shape index (κ1) is 15.8. The highest BCUT2D eigenvalue weighted by molar-refractivity contribution is 7.99. The molecule has 0 heterocycles. The van der Waals surface area contributed by atoms with Gasteiger partial charge in [0, 0.05) is 11.3 Å². The zero-order valence-electron chi connectivity index (χ0n) is 11.3. The van der Waals surface area contributed by atoms with Gasteiger partial charge in [0.15, 0.2) is 11.6 Å². The second kappa shape index (κ2) is 6.23. The van der Waals surface area contributed by atoms with Crippen molar-refractivity contribution in [3.63, 3.8) is 0 Å². The van der Waals surface area contributed by atoms with Gasteiger partial charge in [-0.1, -0.05) is 0 Å². The van der Waals surface area contributed by atoms with Crippen LogP contribution in [0.1, 0.15) is 24.2 Å². The maximum absolute atomic E-state index is 13.8. The Morgan fingerprint density at radius 3 is 2.53 bits per heavy atom. The van der Waals surface area contributed by atoms with Crippen LogP contribution in [0.15, 0.2) is 12.1 Å². The number of hydrogen-bond donors (Lipinski definition) is 1. The largest absolute Gasteiger partial charge is 0.465 e. The number of rotatable bonds is 5. The van der Waals surface area contributed by atoms with E-state index in [4.69, 9.17) is 0 Å². The Labute approximate surface area is 115 Å². The van der Waals surface area contributed by atoms with Crippen molar-refractivity contribution in [1.82, 2.24) is 0 Å². The van der Waals surface area contributed by atoms with E-state index in [-0.39, 0.29) is 10.4 Å². The number of benzene rings is 1. The average molecular weight is 289 g/mol. The number of ether oxygens (including phenoxy) is 1. The molecule has 0 aliphatic rings. The van der Waals surface area contributed by atoms with E-state index in [2.05, 4.69) is 10.1 Å². The van der Waals surface area contributed by atoms with Crippen LogP contribution in [0, 0.1) is 11.6 Å². The summed E-state index contributed by atoms with van der Waals surface area (Å²) in [5.41, 5.74) is -0.373. The fourth-order valence-corrected chi connectivity index (χ4v) is 1.55. The molecule has 6 heteroatoms. The maximum atomic E-state index is 13.8. The molecule has 1 aromatic rings. The minimum absolute atomic E-state index is 0.0345. The van der Waals surface area contributed by atoms with Crippen LogP contribution in [0.3, 0.4) is 0 Å². The summed E-state index contributed by atoms with van der Waals surface area (Å²) in [7, 11) is 1.12. The fourth-order valence-electron chi connectivity index (χ4n) is 1.33. The first-order chi connectivity index (χ1) is 8.82. The average Bonchev–Trinajstić information content (AvgIpc) is 2.39. The molecule has 106 valence electrons. The van der Waals surface area contributed by atoms with Crippen molar-refractivity contribution in [3.05, 3.63) is 29.3 Å². The van der Waals surface area contributed by atoms with Gasteiger partial charge in [-0.25, -0.2) is 13.6 Å². The molecule has 0 aliphatic heterocycles. The van der Waals surface area contributed by atoms with Crippen LogP contribution < -0.4 is 5.32 Å². The van der Waals surface area contributed by atoms with Gasteiger partial charge < -0.3 is 10.1 Å². The van der Waals surface area contributed by atoms with Crippen LogP contribution in [-0.4, -0.2) is 30.6 Å². The quantitative estimate of drug-likeness (QED) is 0.844. The Morgan fingerprint density at radius 2 is 2.00 bits per heavy atom. The van der Waals surface area contributed by atoms with E-state index in [1.54, 1.807) is 11.8 Å². The van der Waals surface area contributed by atoms with Gasteiger partial charge in [-0.05, 0) is 32.2 Å². The third-order valence-corrected chi connectivity index (χ3v) is 3.99. The van der Waals surface area contributed by atoms with Crippen LogP contribution in [-0.2, 0) is 4.74 Å². The van der Waals surface area contributed by atoms with Gasteiger partial charge in [-0.15, -0.1) is 0 Å². The highest BCUT2D eigenvalue weighted by Gasteiger charge is 2.21. The van der Waals surface area contributed by atoms with Crippen molar-refractivity contribution in [2.45, 2.75) is 18.6 Å². The molecule has 3 nitrogen and oxygen atoms in total. The maximum Gasteiger partial charge on any atom is 0.340 e. The molecule has 0 fully saturated rings. The first-order valence-corrected chi connectivity index (χ1v) is 6.90. The summed E-state index contributed by atoms with van der Waals surface area (Å²) in [5.74, 6) is -3.16. The Bertz CT molecular complexity index is 478. The molecule has 0 aromatic heterocycles. The molecule has 0 radical (unpaired) electrons. The van der Waals surface area contributed by atoms with Crippen LogP contribution in [0.5, 0.6) is 0 Å². The second-order valence-corrected chi connectivity index (χ2v) is 6.11. The van der Waals surface area contributed by atoms with Crippen LogP contribution in [0.2, 0.25) is 0 Å². The lowest BCUT2D eigenvalue weighted by molar-refractivity contribution is 0.0594. The predicted octanol–water partition coefficient (Wildman–Crippen LogP) is 3.30. The van der Waals surface area contributed by atoms with Crippen LogP contribution >= 0.6 is 11.8 Å². The van der Waals surface area contributed by atoms with Gasteiger partial charge in [-0.2, -0.15) is 11.8 Å². The highest BCUT2D eigenvalue weighted by atomic mass is 32.2. The Balaban J connectivity index is 2.94. The zero-order valence-corrected chi connectivity index (χ0v) is 12.2. The SMILES string of the molecule is COC(=O)c1ccc(NCC(C)(C)SC)c(F)c1F. The third-order valence-electron chi connectivity index (χ3n) is 2.74. The molecule has 0 unspecified atom stereocenters. The monoisotopic (exact) mass is 289 g/mol. The van der Waals surface area contributed by atoms with E-state index < -0.39 is 23.2 Å². The molecule has 0 spiro atoms. The second-order valence-electron chi connectivity index (χ2n) is 4.60. The predicted molar refractivity (Wildman–Crippen MR) is 73.8 cm³/mol. The molecule has 0 saturated carbocycles. The summed E-state index contributed by atoms with van der Waals surface area (Å²) in [6.07, 6.45) is 1.94. The number of halogens is 2. The van der Waals surface area contributed by atoms with Crippen molar-refractivity contribution in [3.8, 4) is 0 Å². The standard InChI is InChI=1S/C13H17F2NO2S/c1-13(2,19-4)7-16-9-6-5-8(12(17)18-3)10(14)11(9)15/h5-6,16H,7H2,1-4H3. The van der Waals surface area contributed by atoms with Crippen LogP contribution in [0.4, 0.5) is 14.5 Å². The number of methoxy groups -OCH3 is 1. The number of nitrogens with one attached hydrogen (secondary N) is 1. The van der Waals surface area contributed by atoms with E-state index in [0.717, 1.165) is 7.11 Å². The van der Waals surface area contributed by atoms with E-state index in [1.165, 1.54) is 12.1 Å². The van der Waals surface area contributed by atoms with Crippen molar-refractivity contribution < 1.29 is 18.3 Å². The zero-order chi connectivity index (χ0) is 14.6. The van der Waals surface area contributed by atoms with Gasteiger partial charge in [0.25, 0.3) is 0 Å². The molecule has 1 aromatic carbocycles. The number of esters is 1. The summed E-state index contributed by atoms with van der Waals surface area (Å²) in [5, 5.41) is 2.84. The molecule has 0 aliphatic carbocycles. The minimum Gasteiger partial charge on any atom is -0.465 e. The van der Waals surface area contributed by atoms with Gasteiger partial charge in [0.1, 0.15) is 0 Å². The van der Waals surface area contributed by atoms with Gasteiger partial charge >= 0.3 is 5.97 Å². The number of carbonyl (C=O) groups excluding carboxylic acids is 1. The molecule has 0 saturated heterocycles. The van der Waals surface area contributed by atoms with Crippen molar-refractivity contribution in [1.29, 1.82) is 0 Å². The minimum atomic E-state index is -1.20. The molecular weight excluding hydrogens is 272 g/mol. The fraction of sp³-hybridized carbons (Fsp3) is 0.462. The Kier molecular flexibility index (Phi) is 5.17. The number of hydrogen-bond acceptors (Lipinski definition) is 4. The molecule has 1 N–H and O–H groups in total. The van der Waals surface area contributed by atoms with Gasteiger partial charge in [0.05, 0.1) is 18.4 Å². The van der Waals surface area contributed by atoms with Gasteiger partial charge in [-0.3, -0.25) is 0 Å². The van der Waals surface area contributed by atoms with E-state index >= 15 is 0 Å². The molecule has 1 rings (SSSR count). The van der Waals surface area contributed by atoms with Crippen molar-refractivity contribution >= 4 is 23.4 Å². The summed E-state index contributed by atoms with van der Waals surface area (Å²) < 4.78 is 31.7. The molecule has 0 atom stereocenters. The summed E-state index contributed by atoms with van der Waals surface area (Å²) in [6, 6.07) is 2.54. The van der Waals surface area contributed by atoms with Gasteiger partial charge in [0.2, 0.25) is 0 Å². The summed E-state index contributed by atoms with van der Waals surface area (Å²) in [6.45, 7) is 4.45. The number of thioether (sulfide) groups is 1. The summed E-state index contributed by atoms with van der Waals surface area (Å²) in [4.78, 5) is 11.2. The third kappa shape index (κ3) is 3.83. The first-order valence-electron chi connectivity index (χ1n) is 5.67. The normalized spacial score (nSPS) is 11.3. The smallest absolute Gasteiger partial charge is 0.340 e. The Hall–Kier alpha value is -1.30. The van der Waals surface area contributed by atoms with E-state index in [0.29, 0.717) is 6.54 Å².